The van der Waals surface area contributed by atoms with E-state index in [1.165, 1.54) is 36.4 Å². The van der Waals surface area contributed by atoms with Gasteiger partial charge in [-0.05, 0) is 25.1 Å². The van der Waals surface area contributed by atoms with Gasteiger partial charge in [-0.3, -0.25) is 0 Å². The number of hydrogen-bond donors (Lipinski definition) is 1. The minimum atomic E-state index is -1.92. The predicted molar refractivity (Wildman–Crippen MR) is 106 cm³/mol. The first kappa shape index (κ1) is 21.7. The van der Waals surface area contributed by atoms with Crippen LogP contribution in [-0.4, -0.2) is 31.1 Å². The fourth-order valence-electron chi connectivity index (χ4n) is 3.36. The Hall–Kier alpha value is -3.50. The van der Waals surface area contributed by atoms with Crippen molar-refractivity contribution in [1.82, 2.24) is 19.9 Å². The number of halogens is 3. The molecule has 10 heteroatoms. The lowest BCUT2D eigenvalue weighted by atomic mass is 9.88. The lowest BCUT2D eigenvalue weighted by Gasteiger charge is -2.34. The zero-order valence-electron chi connectivity index (χ0n) is 17.0. The molecule has 7 nitrogen and oxygen atoms in total. The average Bonchev–Trinajstić information content (AvgIpc) is 3.44. The van der Waals surface area contributed by atoms with E-state index in [1.54, 1.807) is 18.2 Å². The second kappa shape index (κ2) is 8.93. The SMILES string of the molecule is C[C@@H](OCc1cc(-c2ccccc2F)no1)C(O)(Cn1cncn1)c1ccc(F)cc1F. The molecule has 2 heterocycles. The van der Waals surface area contributed by atoms with Crippen molar-refractivity contribution in [2.75, 3.05) is 0 Å². The van der Waals surface area contributed by atoms with Gasteiger partial charge in [0.05, 0.1) is 12.6 Å². The van der Waals surface area contributed by atoms with Crippen molar-refractivity contribution < 1.29 is 27.5 Å². The monoisotopic (exact) mass is 444 g/mol. The second-order valence-electron chi connectivity index (χ2n) is 7.25. The van der Waals surface area contributed by atoms with Crippen molar-refractivity contribution in [1.29, 1.82) is 0 Å². The number of ether oxygens (including phenoxy) is 1. The van der Waals surface area contributed by atoms with Crippen LogP contribution in [-0.2, 0) is 23.5 Å². The Morgan fingerprint density at radius 1 is 1.12 bits per heavy atom. The van der Waals surface area contributed by atoms with Crippen LogP contribution in [0.15, 0.2) is 65.7 Å². The number of nitrogens with zero attached hydrogens (tertiary/aromatic N) is 4. The van der Waals surface area contributed by atoms with Crippen LogP contribution in [0, 0.1) is 17.5 Å². The molecule has 1 N–H and O–H groups in total. The highest BCUT2D eigenvalue weighted by Crippen LogP contribution is 2.32. The van der Waals surface area contributed by atoms with Crippen molar-refractivity contribution in [3.8, 4) is 11.3 Å². The molecule has 1 unspecified atom stereocenters. The van der Waals surface area contributed by atoms with Crippen LogP contribution >= 0.6 is 0 Å². The fraction of sp³-hybridized carbons (Fsp3) is 0.227. The Bertz CT molecular complexity index is 1200. The number of aliphatic hydroxyl groups is 1. The van der Waals surface area contributed by atoms with E-state index >= 15 is 0 Å². The summed E-state index contributed by atoms with van der Waals surface area (Å²) in [5, 5.41) is 19.2. The Morgan fingerprint density at radius 2 is 1.94 bits per heavy atom. The van der Waals surface area contributed by atoms with Crippen LogP contribution in [0.1, 0.15) is 18.2 Å². The molecule has 0 aliphatic carbocycles. The minimum Gasteiger partial charge on any atom is -0.380 e. The van der Waals surface area contributed by atoms with Crippen molar-refractivity contribution in [3.63, 3.8) is 0 Å². The van der Waals surface area contributed by atoms with Crippen molar-refractivity contribution in [2.24, 2.45) is 0 Å². The third kappa shape index (κ3) is 4.41. The summed E-state index contributed by atoms with van der Waals surface area (Å²) >= 11 is 0. The number of aromatic nitrogens is 4. The Balaban J connectivity index is 1.55. The number of rotatable bonds is 8. The normalized spacial score (nSPS) is 14.3. The largest absolute Gasteiger partial charge is 0.380 e. The first-order chi connectivity index (χ1) is 15.4. The number of benzene rings is 2. The van der Waals surface area contributed by atoms with Crippen LogP contribution in [0.5, 0.6) is 0 Å². The van der Waals surface area contributed by atoms with Crippen molar-refractivity contribution in [2.45, 2.75) is 31.8 Å². The first-order valence-corrected chi connectivity index (χ1v) is 9.69. The first-order valence-electron chi connectivity index (χ1n) is 9.69. The third-order valence-electron chi connectivity index (χ3n) is 5.12. The van der Waals surface area contributed by atoms with Gasteiger partial charge >= 0.3 is 0 Å². The summed E-state index contributed by atoms with van der Waals surface area (Å²) in [5.74, 6) is -1.87. The molecule has 0 aliphatic heterocycles. The molecule has 32 heavy (non-hydrogen) atoms. The van der Waals surface area contributed by atoms with Crippen LogP contribution in [0.3, 0.4) is 0 Å². The minimum absolute atomic E-state index is 0.134. The zero-order chi connectivity index (χ0) is 22.7. The molecule has 0 fully saturated rings. The topological polar surface area (TPSA) is 86.2 Å². The molecule has 166 valence electrons. The molecule has 0 spiro atoms. The molecule has 0 bridgehead atoms. The zero-order valence-corrected chi connectivity index (χ0v) is 17.0. The fourth-order valence-corrected chi connectivity index (χ4v) is 3.36. The smallest absolute Gasteiger partial charge is 0.163 e. The van der Waals surface area contributed by atoms with Gasteiger partial charge in [0, 0.05) is 23.3 Å². The van der Waals surface area contributed by atoms with Crippen molar-refractivity contribution in [3.05, 3.63) is 90.0 Å². The van der Waals surface area contributed by atoms with Crippen molar-refractivity contribution >= 4 is 0 Å². The molecule has 4 rings (SSSR count). The van der Waals surface area contributed by atoms with Gasteiger partial charge in [0.2, 0.25) is 0 Å². The quantitative estimate of drug-likeness (QED) is 0.444. The summed E-state index contributed by atoms with van der Waals surface area (Å²) in [7, 11) is 0. The Labute approximate surface area is 181 Å². The molecule has 0 aliphatic rings. The highest BCUT2D eigenvalue weighted by Gasteiger charge is 2.40. The molecule has 2 atom stereocenters. The molecule has 2 aromatic carbocycles. The summed E-state index contributed by atoms with van der Waals surface area (Å²) in [6.07, 6.45) is 1.63. The molecule has 4 aromatic rings. The van der Waals surface area contributed by atoms with E-state index < -0.39 is 29.2 Å². The summed E-state index contributed by atoms with van der Waals surface area (Å²) < 4.78 is 54.2. The van der Waals surface area contributed by atoms with Gasteiger partial charge in [-0.1, -0.05) is 23.4 Å². The van der Waals surface area contributed by atoms with Gasteiger partial charge in [-0.15, -0.1) is 0 Å². The molecule has 0 amide bonds. The van der Waals surface area contributed by atoms with Gasteiger partial charge in [0.1, 0.15) is 48.0 Å². The molecular weight excluding hydrogens is 425 g/mol. The second-order valence-corrected chi connectivity index (χ2v) is 7.25. The Morgan fingerprint density at radius 3 is 2.66 bits per heavy atom. The Kier molecular flexibility index (Phi) is 6.06. The van der Waals surface area contributed by atoms with E-state index in [-0.39, 0.29) is 35.7 Å². The van der Waals surface area contributed by atoms with E-state index in [9.17, 15) is 18.3 Å². The summed E-state index contributed by atoms with van der Waals surface area (Å²) in [5.41, 5.74) is -1.52. The standard InChI is InChI=1S/C22H19F3N4O3/c1-14(31-10-16-9-21(28-32-16)17-4-2-3-5-19(17)24)22(30,11-29-13-26-12-27-29)18-7-6-15(23)8-20(18)25/h2-9,12-14,30H,10-11H2,1H3/t14-,22?/m1/s1. The van der Waals surface area contributed by atoms with Gasteiger partial charge in [0.15, 0.2) is 5.76 Å². The summed E-state index contributed by atoms with van der Waals surface area (Å²) in [4.78, 5) is 3.82. The van der Waals surface area contributed by atoms with E-state index in [4.69, 9.17) is 9.26 Å². The van der Waals surface area contributed by atoms with Gasteiger partial charge in [-0.25, -0.2) is 22.8 Å². The van der Waals surface area contributed by atoms with E-state index in [0.717, 1.165) is 12.1 Å². The van der Waals surface area contributed by atoms with E-state index in [0.29, 0.717) is 6.07 Å². The van der Waals surface area contributed by atoms with Gasteiger partial charge in [-0.2, -0.15) is 5.10 Å². The van der Waals surface area contributed by atoms with Crippen LogP contribution in [0.2, 0.25) is 0 Å². The maximum atomic E-state index is 14.6. The molecule has 0 radical (unpaired) electrons. The predicted octanol–water partition coefficient (Wildman–Crippen LogP) is 3.84. The summed E-state index contributed by atoms with van der Waals surface area (Å²) in [6.45, 7) is 1.20. The highest BCUT2D eigenvalue weighted by atomic mass is 19.1. The maximum Gasteiger partial charge on any atom is 0.163 e. The molecule has 2 aromatic heterocycles. The van der Waals surface area contributed by atoms with Gasteiger partial charge < -0.3 is 14.4 Å². The van der Waals surface area contributed by atoms with Gasteiger partial charge in [0.25, 0.3) is 0 Å². The van der Waals surface area contributed by atoms with Crippen LogP contribution in [0.25, 0.3) is 11.3 Å². The summed E-state index contributed by atoms with van der Waals surface area (Å²) in [6, 6.07) is 10.5. The lowest BCUT2D eigenvalue weighted by Crippen LogP contribution is -2.44. The lowest BCUT2D eigenvalue weighted by molar-refractivity contribution is -0.126. The molecule has 0 saturated carbocycles. The molecule has 0 saturated heterocycles. The number of hydrogen-bond acceptors (Lipinski definition) is 6. The van der Waals surface area contributed by atoms with E-state index in [1.807, 2.05) is 0 Å². The van der Waals surface area contributed by atoms with E-state index in [2.05, 4.69) is 15.2 Å². The maximum absolute atomic E-state index is 14.6. The van der Waals surface area contributed by atoms with Crippen LogP contribution < -0.4 is 0 Å². The molecular formula is C22H19F3N4O3. The average molecular weight is 444 g/mol. The third-order valence-corrected chi connectivity index (χ3v) is 5.12. The van der Waals surface area contributed by atoms with Crippen LogP contribution in [0.4, 0.5) is 13.2 Å². The highest BCUT2D eigenvalue weighted by molar-refractivity contribution is 5.59.